The number of halogens is 1. The van der Waals surface area contributed by atoms with Crippen molar-refractivity contribution < 1.29 is 14.3 Å². The van der Waals surface area contributed by atoms with Gasteiger partial charge in [-0.15, -0.1) is 0 Å². The van der Waals surface area contributed by atoms with Crippen molar-refractivity contribution in [2.45, 2.75) is 13.8 Å². The van der Waals surface area contributed by atoms with E-state index in [9.17, 15) is 4.79 Å². The predicted octanol–water partition coefficient (Wildman–Crippen LogP) is 2.26. The number of aryl methyl sites for hydroxylation is 1. The topological polar surface area (TPSA) is 48.4 Å². The van der Waals surface area contributed by atoms with Crippen LogP contribution in [0.15, 0.2) is 4.47 Å². The average Bonchev–Trinajstić information content (AvgIpc) is 2.24. The molecule has 0 unspecified atom stereocenters. The van der Waals surface area contributed by atoms with Gasteiger partial charge in [-0.1, -0.05) is 0 Å². The van der Waals surface area contributed by atoms with Gasteiger partial charge in [0.05, 0.1) is 19.9 Å². The molecule has 1 aromatic heterocycles. The smallest absolute Gasteiger partial charge is 0.343 e. The van der Waals surface area contributed by atoms with Crippen molar-refractivity contribution in [3.05, 3.63) is 21.3 Å². The molecule has 0 atom stereocenters. The van der Waals surface area contributed by atoms with Gasteiger partial charge in [0.25, 0.3) is 0 Å². The third kappa shape index (κ3) is 2.12. The molecule has 1 rings (SSSR count). The largest absolute Gasteiger partial charge is 0.480 e. The van der Waals surface area contributed by atoms with Crippen LogP contribution in [0.3, 0.4) is 0 Å². The number of pyridine rings is 1. The van der Waals surface area contributed by atoms with Crippen LogP contribution in [0.25, 0.3) is 0 Å². The van der Waals surface area contributed by atoms with Crippen molar-refractivity contribution in [1.82, 2.24) is 4.98 Å². The van der Waals surface area contributed by atoms with E-state index in [1.165, 1.54) is 14.2 Å². The SMILES string of the molecule is COC(=O)c1c(OC)nc(C)c(Br)c1C. The summed E-state index contributed by atoms with van der Waals surface area (Å²) in [4.78, 5) is 15.7. The highest BCUT2D eigenvalue weighted by atomic mass is 79.9. The van der Waals surface area contributed by atoms with Gasteiger partial charge < -0.3 is 9.47 Å². The van der Waals surface area contributed by atoms with Crippen LogP contribution in [0.4, 0.5) is 0 Å². The molecule has 0 amide bonds. The molecule has 0 N–H and O–H groups in total. The lowest BCUT2D eigenvalue weighted by molar-refractivity contribution is 0.0595. The maximum atomic E-state index is 11.5. The number of esters is 1. The first kappa shape index (κ1) is 12.0. The highest BCUT2D eigenvalue weighted by Crippen LogP contribution is 2.29. The van der Waals surface area contributed by atoms with E-state index in [0.29, 0.717) is 11.4 Å². The van der Waals surface area contributed by atoms with Gasteiger partial charge in [0.2, 0.25) is 5.88 Å². The van der Waals surface area contributed by atoms with Crippen LogP contribution < -0.4 is 4.74 Å². The van der Waals surface area contributed by atoms with E-state index < -0.39 is 5.97 Å². The zero-order valence-electron chi connectivity index (χ0n) is 9.05. The van der Waals surface area contributed by atoms with E-state index in [1.54, 1.807) is 0 Å². The third-order valence-corrected chi connectivity index (χ3v) is 3.26. The fourth-order valence-electron chi connectivity index (χ4n) is 1.29. The van der Waals surface area contributed by atoms with Gasteiger partial charge in [0.1, 0.15) is 5.56 Å². The van der Waals surface area contributed by atoms with E-state index in [2.05, 4.69) is 25.7 Å². The number of carbonyl (C=O) groups is 1. The molecule has 0 spiro atoms. The van der Waals surface area contributed by atoms with Gasteiger partial charge in [-0.3, -0.25) is 0 Å². The third-order valence-electron chi connectivity index (χ3n) is 2.09. The summed E-state index contributed by atoms with van der Waals surface area (Å²) in [7, 11) is 2.80. The summed E-state index contributed by atoms with van der Waals surface area (Å²) in [5, 5.41) is 0. The van der Waals surface area contributed by atoms with Gasteiger partial charge in [-0.05, 0) is 35.3 Å². The number of hydrogen-bond acceptors (Lipinski definition) is 4. The number of hydrogen-bond donors (Lipinski definition) is 0. The summed E-state index contributed by atoms with van der Waals surface area (Å²) in [6.45, 7) is 3.65. The van der Waals surface area contributed by atoms with E-state index >= 15 is 0 Å². The molecule has 0 aromatic carbocycles. The molecule has 1 aromatic rings. The number of ether oxygens (including phenoxy) is 2. The highest BCUT2D eigenvalue weighted by molar-refractivity contribution is 9.10. The second-order valence-corrected chi connectivity index (χ2v) is 3.81. The van der Waals surface area contributed by atoms with Crippen LogP contribution in [-0.2, 0) is 4.74 Å². The van der Waals surface area contributed by atoms with Crippen LogP contribution >= 0.6 is 15.9 Å². The minimum absolute atomic E-state index is 0.292. The normalized spacial score (nSPS) is 9.93. The Kier molecular flexibility index (Phi) is 3.68. The molecular weight excluding hydrogens is 262 g/mol. The Morgan fingerprint density at radius 3 is 2.40 bits per heavy atom. The zero-order chi connectivity index (χ0) is 11.6. The molecule has 0 fully saturated rings. The molecule has 0 aliphatic rings. The summed E-state index contributed by atoms with van der Waals surface area (Å²) in [5.41, 5.74) is 1.90. The van der Waals surface area contributed by atoms with Gasteiger partial charge in [-0.25, -0.2) is 9.78 Å². The molecular formula is C10H12BrNO3. The number of aromatic nitrogens is 1. The van der Waals surface area contributed by atoms with Crippen molar-refractivity contribution in [3.63, 3.8) is 0 Å². The van der Waals surface area contributed by atoms with Crippen molar-refractivity contribution in [3.8, 4) is 5.88 Å². The van der Waals surface area contributed by atoms with Crippen molar-refractivity contribution in [1.29, 1.82) is 0 Å². The van der Waals surface area contributed by atoms with Crippen molar-refractivity contribution in [2.75, 3.05) is 14.2 Å². The Bertz CT molecular complexity index is 404. The Balaban J connectivity index is 3.47. The van der Waals surface area contributed by atoms with Gasteiger partial charge in [-0.2, -0.15) is 0 Å². The monoisotopic (exact) mass is 273 g/mol. The first-order chi connectivity index (χ1) is 7.02. The molecule has 82 valence electrons. The lowest BCUT2D eigenvalue weighted by atomic mass is 10.1. The van der Waals surface area contributed by atoms with Crippen molar-refractivity contribution >= 4 is 21.9 Å². The predicted molar refractivity (Wildman–Crippen MR) is 59.3 cm³/mol. The minimum Gasteiger partial charge on any atom is -0.480 e. The van der Waals surface area contributed by atoms with E-state index in [4.69, 9.17) is 4.74 Å². The minimum atomic E-state index is -0.447. The van der Waals surface area contributed by atoms with E-state index in [-0.39, 0.29) is 0 Å². The standard InChI is InChI=1S/C10H12BrNO3/c1-5-7(10(13)15-4)9(14-3)12-6(2)8(5)11/h1-4H3. The molecule has 15 heavy (non-hydrogen) atoms. The molecule has 4 nitrogen and oxygen atoms in total. The molecule has 1 heterocycles. The molecule has 0 aliphatic heterocycles. The van der Waals surface area contributed by atoms with Crippen LogP contribution in [0, 0.1) is 13.8 Å². The van der Waals surface area contributed by atoms with Gasteiger partial charge in [0, 0.05) is 4.47 Å². The Morgan fingerprint density at radius 1 is 1.33 bits per heavy atom. The average molecular weight is 274 g/mol. The first-order valence-electron chi connectivity index (χ1n) is 4.32. The summed E-state index contributed by atoms with van der Waals surface area (Å²) >= 11 is 3.36. The lowest BCUT2D eigenvalue weighted by Gasteiger charge is -2.11. The fourth-order valence-corrected chi connectivity index (χ4v) is 1.58. The Morgan fingerprint density at radius 2 is 1.93 bits per heavy atom. The van der Waals surface area contributed by atoms with Crippen molar-refractivity contribution in [2.24, 2.45) is 0 Å². The molecule has 0 bridgehead atoms. The van der Waals surface area contributed by atoms with Crippen LogP contribution in [0.1, 0.15) is 21.6 Å². The van der Waals surface area contributed by atoms with Gasteiger partial charge in [0.15, 0.2) is 0 Å². The fraction of sp³-hybridized carbons (Fsp3) is 0.400. The maximum absolute atomic E-state index is 11.5. The van der Waals surface area contributed by atoms with E-state index in [1.807, 2.05) is 13.8 Å². The Hall–Kier alpha value is -1.10. The molecule has 0 aliphatic carbocycles. The molecule has 5 heteroatoms. The number of rotatable bonds is 2. The molecule has 0 saturated heterocycles. The zero-order valence-corrected chi connectivity index (χ0v) is 10.6. The van der Waals surface area contributed by atoms with Gasteiger partial charge >= 0.3 is 5.97 Å². The van der Waals surface area contributed by atoms with Crippen LogP contribution in [0.5, 0.6) is 5.88 Å². The quantitative estimate of drug-likeness (QED) is 0.776. The summed E-state index contributed by atoms with van der Waals surface area (Å²) in [6.07, 6.45) is 0. The van der Waals surface area contributed by atoms with Crippen LogP contribution in [0.2, 0.25) is 0 Å². The summed E-state index contributed by atoms with van der Waals surface area (Å²) in [5.74, 6) is -0.155. The summed E-state index contributed by atoms with van der Waals surface area (Å²) in [6, 6.07) is 0. The van der Waals surface area contributed by atoms with E-state index in [0.717, 1.165) is 15.7 Å². The first-order valence-corrected chi connectivity index (χ1v) is 5.11. The molecule has 0 saturated carbocycles. The lowest BCUT2D eigenvalue weighted by Crippen LogP contribution is -2.09. The maximum Gasteiger partial charge on any atom is 0.343 e. The highest BCUT2D eigenvalue weighted by Gasteiger charge is 2.20. The second-order valence-electron chi connectivity index (χ2n) is 3.01. The second kappa shape index (κ2) is 4.61. The number of carbonyl (C=O) groups excluding carboxylic acids is 1. The summed E-state index contributed by atoms with van der Waals surface area (Å²) < 4.78 is 10.5. The number of nitrogens with zero attached hydrogens (tertiary/aromatic N) is 1. The number of methoxy groups -OCH3 is 2. The Labute approximate surface area is 96.7 Å². The van der Waals surface area contributed by atoms with Crippen LogP contribution in [-0.4, -0.2) is 25.2 Å². The molecule has 0 radical (unpaired) electrons.